The van der Waals surface area contributed by atoms with Crippen molar-refractivity contribution in [1.82, 2.24) is 9.55 Å². The lowest BCUT2D eigenvalue weighted by molar-refractivity contribution is 0.389. The van der Waals surface area contributed by atoms with Crippen LogP contribution in [0, 0.1) is 17.8 Å². The molecule has 2 aromatic rings. The lowest BCUT2D eigenvalue weighted by Crippen LogP contribution is -2.11. The van der Waals surface area contributed by atoms with Gasteiger partial charge in [0.05, 0.1) is 11.8 Å². The Bertz CT molecular complexity index is 582. The number of rotatable bonds is 4. The summed E-state index contributed by atoms with van der Waals surface area (Å²) in [6.07, 6.45) is 16.3. The fourth-order valence-corrected chi connectivity index (χ4v) is 3.67. The highest BCUT2D eigenvalue weighted by Crippen LogP contribution is 2.45. The van der Waals surface area contributed by atoms with E-state index < -0.39 is 0 Å². The van der Waals surface area contributed by atoms with Gasteiger partial charge in [-0.1, -0.05) is 12.2 Å². The first-order chi connectivity index (χ1) is 9.40. The smallest absolute Gasteiger partial charge is 0.143 e. The predicted molar refractivity (Wildman–Crippen MR) is 73.4 cm³/mol. The van der Waals surface area contributed by atoms with Crippen molar-refractivity contribution in [2.24, 2.45) is 17.8 Å². The molecule has 3 nitrogen and oxygen atoms in total. The van der Waals surface area contributed by atoms with Gasteiger partial charge < -0.3 is 8.98 Å². The number of imidazole rings is 1. The Balaban J connectivity index is 1.46. The summed E-state index contributed by atoms with van der Waals surface area (Å²) in [6.45, 7) is 1.06. The molecule has 1 fully saturated rings. The van der Waals surface area contributed by atoms with Crippen LogP contribution in [-0.4, -0.2) is 9.55 Å². The van der Waals surface area contributed by atoms with Crippen molar-refractivity contribution in [1.29, 1.82) is 0 Å². The first-order valence-electron chi connectivity index (χ1n) is 7.12. The van der Waals surface area contributed by atoms with E-state index in [1.165, 1.54) is 19.3 Å². The standard InChI is InChI=1S/C16H18N2O/c1-2-13-9-12(1)10-14(13)3-6-18-7-5-17-16(18)15-4-8-19-11-15/h1-2,4-5,7-8,11-14H,3,6,9-10H2/t12-,13+,14-/m0/s1. The van der Waals surface area contributed by atoms with Crippen molar-refractivity contribution < 1.29 is 4.42 Å². The molecule has 0 saturated heterocycles. The number of nitrogens with zero attached hydrogens (tertiary/aromatic N) is 2. The minimum Gasteiger partial charge on any atom is -0.472 e. The Hall–Kier alpha value is -1.77. The van der Waals surface area contributed by atoms with Gasteiger partial charge in [-0.3, -0.25) is 0 Å². The zero-order valence-corrected chi connectivity index (χ0v) is 10.9. The molecule has 2 heterocycles. The molecule has 0 unspecified atom stereocenters. The highest BCUT2D eigenvalue weighted by molar-refractivity contribution is 5.53. The van der Waals surface area contributed by atoms with Gasteiger partial charge in [0.15, 0.2) is 0 Å². The molecule has 4 rings (SSSR count). The average molecular weight is 254 g/mol. The molecule has 1 saturated carbocycles. The quantitative estimate of drug-likeness (QED) is 0.778. The van der Waals surface area contributed by atoms with Gasteiger partial charge in [-0.25, -0.2) is 4.98 Å². The van der Waals surface area contributed by atoms with Crippen LogP contribution in [0.5, 0.6) is 0 Å². The second-order valence-corrected chi connectivity index (χ2v) is 5.79. The molecule has 0 spiro atoms. The van der Waals surface area contributed by atoms with Crippen molar-refractivity contribution in [3.63, 3.8) is 0 Å². The van der Waals surface area contributed by atoms with Crippen LogP contribution in [0.25, 0.3) is 11.4 Å². The van der Waals surface area contributed by atoms with E-state index in [1.807, 2.05) is 12.3 Å². The van der Waals surface area contributed by atoms with Crippen LogP contribution >= 0.6 is 0 Å². The molecule has 0 N–H and O–H groups in total. The van der Waals surface area contributed by atoms with E-state index in [2.05, 4.69) is 27.9 Å². The average Bonchev–Trinajstić information content (AvgIpc) is 3.18. The summed E-state index contributed by atoms with van der Waals surface area (Å²) in [6, 6.07) is 1.97. The molecule has 19 heavy (non-hydrogen) atoms. The third-order valence-corrected chi connectivity index (χ3v) is 4.65. The Morgan fingerprint density at radius 2 is 2.32 bits per heavy atom. The van der Waals surface area contributed by atoms with E-state index >= 15 is 0 Å². The van der Waals surface area contributed by atoms with Crippen LogP contribution in [-0.2, 0) is 6.54 Å². The molecule has 0 radical (unpaired) electrons. The van der Waals surface area contributed by atoms with E-state index in [-0.39, 0.29) is 0 Å². The van der Waals surface area contributed by atoms with Gasteiger partial charge in [-0.15, -0.1) is 0 Å². The van der Waals surface area contributed by atoms with Crippen LogP contribution in [0.1, 0.15) is 19.3 Å². The topological polar surface area (TPSA) is 31.0 Å². The molecule has 3 atom stereocenters. The molecular formula is C16H18N2O. The zero-order chi connectivity index (χ0) is 12.7. The van der Waals surface area contributed by atoms with E-state index in [0.29, 0.717) is 0 Å². The van der Waals surface area contributed by atoms with Crippen LogP contribution in [0.3, 0.4) is 0 Å². The fourth-order valence-electron chi connectivity index (χ4n) is 3.67. The molecule has 2 aliphatic rings. The normalized spacial score (nSPS) is 28.3. The molecular weight excluding hydrogens is 236 g/mol. The minimum absolute atomic E-state index is 0.839. The minimum atomic E-state index is 0.839. The molecule has 0 aromatic carbocycles. The first-order valence-corrected chi connectivity index (χ1v) is 7.12. The van der Waals surface area contributed by atoms with Gasteiger partial charge in [-0.05, 0) is 43.1 Å². The van der Waals surface area contributed by atoms with Crippen LogP contribution < -0.4 is 0 Å². The second-order valence-electron chi connectivity index (χ2n) is 5.79. The lowest BCUT2D eigenvalue weighted by Gasteiger charge is -2.18. The highest BCUT2D eigenvalue weighted by Gasteiger charge is 2.35. The maximum absolute atomic E-state index is 5.15. The van der Waals surface area contributed by atoms with E-state index in [0.717, 1.165) is 35.7 Å². The number of fused-ring (bicyclic) bond motifs is 2. The van der Waals surface area contributed by atoms with Crippen molar-refractivity contribution in [2.45, 2.75) is 25.8 Å². The van der Waals surface area contributed by atoms with Gasteiger partial charge in [0.1, 0.15) is 12.1 Å². The van der Waals surface area contributed by atoms with Crippen LogP contribution in [0.4, 0.5) is 0 Å². The Kier molecular flexibility index (Phi) is 2.57. The number of hydrogen-bond acceptors (Lipinski definition) is 2. The summed E-state index contributed by atoms with van der Waals surface area (Å²) in [5.41, 5.74) is 1.07. The number of allylic oxidation sites excluding steroid dienone is 2. The molecule has 3 heteroatoms. The number of aryl methyl sites for hydroxylation is 1. The highest BCUT2D eigenvalue weighted by atomic mass is 16.3. The van der Waals surface area contributed by atoms with Crippen molar-refractivity contribution in [3.05, 3.63) is 43.1 Å². The van der Waals surface area contributed by atoms with E-state index in [4.69, 9.17) is 4.42 Å². The Morgan fingerprint density at radius 3 is 3.05 bits per heavy atom. The molecule has 98 valence electrons. The Labute approximate surface area is 113 Å². The van der Waals surface area contributed by atoms with Crippen molar-refractivity contribution in [2.75, 3.05) is 0 Å². The molecule has 0 amide bonds. The maximum Gasteiger partial charge on any atom is 0.143 e. The summed E-state index contributed by atoms with van der Waals surface area (Å²) < 4.78 is 7.40. The maximum atomic E-state index is 5.15. The number of hydrogen-bond donors (Lipinski definition) is 0. The molecule has 0 aliphatic heterocycles. The fraction of sp³-hybridized carbons (Fsp3) is 0.438. The Morgan fingerprint density at radius 1 is 1.32 bits per heavy atom. The van der Waals surface area contributed by atoms with Gasteiger partial charge in [-0.2, -0.15) is 0 Å². The van der Waals surface area contributed by atoms with Gasteiger partial charge in [0, 0.05) is 18.9 Å². The van der Waals surface area contributed by atoms with Crippen LogP contribution in [0.2, 0.25) is 0 Å². The lowest BCUT2D eigenvalue weighted by atomic mass is 9.90. The summed E-state index contributed by atoms with van der Waals surface area (Å²) in [5.74, 6) is 3.60. The second kappa shape index (κ2) is 4.41. The monoisotopic (exact) mass is 254 g/mol. The van der Waals surface area contributed by atoms with Gasteiger partial charge in [0.2, 0.25) is 0 Å². The number of furan rings is 1. The van der Waals surface area contributed by atoms with E-state index in [1.54, 1.807) is 12.5 Å². The van der Waals surface area contributed by atoms with Crippen molar-refractivity contribution in [3.8, 4) is 11.4 Å². The molecule has 2 bridgehead atoms. The largest absolute Gasteiger partial charge is 0.472 e. The van der Waals surface area contributed by atoms with Crippen molar-refractivity contribution >= 4 is 0 Å². The molecule has 2 aromatic heterocycles. The summed E-state index contributed by atoms with van der Waals surface area (Å²) >= 11 is 0. The zero-order valence-electron chi connectivity index (χ0n) is 10.9. The number of aromatic nitrogens is 2. The molecule has 2 aliphatic carbocycles. The summed E-state index contributed by atoms with van der Waals surface area (Å²) in [5, 5.41) is 0. The van der Waals surface area contributed by atoms with Gasteiger partial charge in [0.25, 0.3) is 0 Å². The van der Waals surface area contributed by atoms with Gasteiger partial charge >= 0.3 is 0 Å². The summed E-state index contributed by atoms with van der Waals surface area (Å²) in [7, 11) is 0. The third-order valence-electron chi connectivity index (χ3n) is 4.65. The summed E-state index contributed by atoms with van der Waals surface area (Å²) in [4.78, 5) is 4.44. The van der Waals surface area contributed by atoms with E-state index in [9.17, 15) is 0 Å². The SMILES string of the molecule is C1=C[C@@H]2C[C@H]1C[C@@H]2CCn1ccnc1-c1ccoc1. The van der Waals surface area contributed by atoms with Crippen LogP contribution in [0.15, 0.2) is 47.6 Å². The predicted octanol–water partition coefficient (Wildman–Crippen LogP) is 3.75. The third kappa shape index (κ3) is 1.93. The first kappa shape index (κ1) is 11.1.